The van der Waals surface area contributed by atoms with Crippen molar-refractivity contribution in [2.75, 3.05) is 19.5 Å². The second-order valence-electron chi connectivity index (χ2n) is 4.50. The number of rotatable bonds is 5. The van der Waals surface area contributed by atoms with Gasteiger partial charge in [0, 0.05) is 30.8 Å². The van der Waals surface area contributed by atoms with E-state index in [2.05, 4.69) is 20.3 Å². The van der Waals surface area contributed by atoms with Crippen LogP contribution in [0.1, 0.15) is 5.69 Å². The van der Waals surface area contributed by atoms with Gasteiger partial charge in [-0.25, -0.2) is 4.98 Å². The SMILES string of the molecule is CNc1ccnc(CSc2nc3ccc(OC)cc3[nH]2)c1. The number of nitrogens with one attached hydrogen (secondary N) is 2. The first-order chi connectivity index (χ1) is 10.3. The summed E-state index contributed by atoms with van der Waals surface area (Å²) in [5.74, 6) is 1.60. The summed E-state index contributed by atoms with van der Waals surface area (Å²) in [6.07, 6.45) is 1.81. The van der Waals surface area contributed by atoms with Crippen LogP contribution in [0.5, 0.6) is 5.75 Å². The van der Waals surface area contributed by atoms with E-state index in [0.717, 1.165) is 39.1 Å². The standard InChI is InChI=1S/C15H16N4OS/c1-16-10-5-6-17-11(7-10)9-21-15-18-13-4-3-12(20-2)8-14(13)19-15/h3-8H,9H2,1-2H3,(H,16,17)(H,18,19). The van der Waals surface area contributed by atoms with Gasteiger partial charge in [0.2, 0.25) is 0 Å². The fraction of sp³-hybridized carbons (Fsp3) is 0.200. The molecule has 3 rings (SSSR count). The molecule has 5 nitrogen and oxygen atoms in total. The van der Waals surface area contributed by atoms with Crippen LogP contribution in [0.15, 0.2) is 41.7 Å². The fourth-order valence-corrected chi connectivity index (χ4v) is 2.80. The zero-order valence-corrected chi connectivity index (χ0v) is 12.7. The second kappa shape index (κ2) is 6.05. The Morgan fingerprint density at radius 3 is 3.00 bits per heavy atom. The summed E-state index contributed by atoms with van der Waals surface area (Å²) < 4.78 is 5.21. The highest BCUT2D eigenvalue weighted by molar-refractivity contribution is 7.98. The number of ether oxygens (including phenoxy) is 1. The van der Waals surface area contributed by atoms with Crippen molar-refractivity contribution in [1.82, 2.24) is 15.0 Å². The molecule has 3 aromatic rings. The van der Waals surface area contributed by atoms with Crippen LogP contribution < -0.4 is 10.1 Å². The monoisotopic (exact) mass is 300 g/mol. The minimum atomic E-state index is 0.770. The Labute approximate surface area is 127 Å². The predicted molar refractivity (Wildman–Crippen MR) is 86.0 cm³/mol. The number of benzene rings is 1. The second-order valence-corrected chi connectivity index (χ2v) is 5.46. The van der Waals surface area contributed by atoms with Gasteiger partial charge in [-0.05, 0) is 24.3 Å². The first kappa shape index (κ1) is 13.8. The molecule has 0 bridgehead atoms. The first-order valence-electron chi connectivity index (χ1n) is 6.58. The molecule has 0 aliphatic heterocycles. The molecule has 0 spiro atoms. The average Bonchev–Trinajstić information content (AvgIpc) is 2.95. The summed E-state index contributed by atoms with van der Waals surface area (Å²) in [6, 6.07) is 9.80. The number of anilines is 1. The highest BCUT2D eigenvalue weighted by Crippen LogP contribution is 2.25. The van der Waals surface area contributed by atoms with Crippen molar-refractivity contribution in [3.8, 4) is 5.75 Å². The number of hydrogen-bond acceptors (Lipinski definition) is 5. The van der Waals surface area contributed by atoms with Crippen LogP contribution in [-0.4, -0.2) is 29.1 Å². The molecule has 0 saturated heterocycles. The molecular weight excluding hydrogens is 284 g/mol. The maximum absolute atomic E-state index is 5.21. The number of imidazole rings is 1. The third-order valence-corrected chi connectivity index (χ3v) is 4.04. The molecule has 21 heavy (non-hydrogen) atoms. The molecule has 2 N–H and O–H groups in total. The summed E-state index contributed by atoms with van der Waals surface area (Å²) in [5, 5.41) is 4.00. The van der Waals surface area contributed by atoms with E-state index in [9.17, 15) is 0 Å². The van der Waals surface area contributed by atoms with Crippen molar-refractivity contribution in [1.29, 1.82) is 0 Å². The van der Waals surface area contributed by atoms with E-state index in [1.807, 2.05) is 43.6 Å². The normalized spacial score (nSPS) is 10.8. The predicted octanol–water partition coefficient (Wildman–Crippen LogP) is 3.30. The Morgan fingerprint density at radius 1 is 1.29 bits per heavy atom. The number of hydrogen-bond donors (Lipinski definition) is 2. The number of methoxy groups -OCH3 is 1. The number of nitrogens with zero attached hydrogens (tertiary/aromatic N) is 2. The number of thioether (sulfide) groups is 1. The highest BCUT2D eigenvalue weighted by atomic mass is 32.2. The molecule has 2 aromatic heterocycles. The van der Waals surface area contributed by atoms with Gasteiger partial charge >= 0.3 is 0 Å². The summed E-state index contributed by atoms with van der Waals surface area (Å²) in [5.41, 5.74) is 4.00. The van der Waals surface area contributed by atoms with Gasteiger partial charge in [-0.2, -0.15) is 0 Å². The highest BCUT2D eigenvalue weighted by Gasteiger charge is 2.06. The number of aromatic amines is 1. The van der Waals surface area contributed by atoms with Crippen molar-refractivity contribution in [3.63, 3.8) is 0 Å². The van der Waals surface area contributed by atoms with E-state index < -0.39 is 0 Å². The van der Waals surface area contributed by atoms with Crippen molar-refractivity contribution in [2.24, 2.45) is 0 Å². The van der Waals surface area contributed by atoms with Crippen LogP contribution in [-0.2, 0) is 5.75 Å². The minimum absolute atomic E-state index is 0.770. The lowest BCUT2D eigenvalue weighted by molar-refractivity contribution is 0.415. The van der Waals surface area contributed by atoms with Crippen molar-refractivity contribution in [2.45, 2.75) is 10.9 Å². The number of fused-ring (bicyclic) bond motifs is 1. The average molecular weight is 300 g/mol. The number of H-pyrrole nitrogens is 1. The summed E-state index contributed by atoms with van der Waals surface area (Å²) in [6.45, 7) is 0. The maximum atomic E-state index is 5.21. The van der Waals surface area contributed by atoms with Gasteiger partial charge < -0.3 is 15.0 Å². The molecule has 0 amide bonds. The lowest BCUT2D eigenvalue weighted by Crippen LogP contribution is -1.92. The topological polar surface area (TPSA) is 62.8 Å². The Bertz CT molecular complexity index is 756. The summed E-state index contributed by atoms with van der Waals surface area (Å²) in [7, 11) is 3.56. The molecule has 0 unspecified atom stereocenters. The van der Waals surface area contributed by atoms with Crippen molar-refractivity contribution < 1.29 is 4.74 Å². The van der Waals surface area contributed by atoms with E-state index in [1.54, 1.807) is 18.9 Å². The number of aromatic nitrogens is 3. The van der Waals surface area contributed by atoms with Gasteiger partial charge in [0.1, 0.15) is 5.75 Å². The maximum Gasteiger partial charge on any atom is 0.166 e. The third-order valence-electron chi connectivity index (χ3n) is 3.13. The van der Waals surface area contributed by atoms with Crippen LogP contribution in [0.3, 0.4) is 0 Å². The van der Waals surface area contributed by atoms with Crippen LogP contribution in [0.4, 0.5) is 5.69 Å². The Balaban J connectivity index is 1.75. The summed E-state index contributed by atoms with van der Waals surface area (Å²) in [4.78, 5) is 12.2. The van der Waals surface area contributed by atoms with Crippen molar-refractivity contribution in [3.05, 3.63) is 42.2 Å². The third kappa shape index (κ3) is 3.11. The zero-order chi connectivity index (χ0) is 14.7. The Hall–Kier alpha value is -2.21. The smallest absolute Gasteiger partial charge is 0.166 e. The van der Waals surface area contributed by atoms with Gasteiger partial charge in [-0.15, -0.1) is 0 Å². The van der Waals surface area contributed by atoms with Crippen LogP contribution >= 0.6 is 11.8 Å². The van der Waals surface area contributed by atoms with Gasteiger partial charge in [-0.3, -0.25) is 4.98 Å². The molecule has 0 aliphatic carbocycles. The molecule has 0 radical (unpaired) electrons. The van der Waals surface area contributed by atoms with Gasteiger partial charge in [0.25, 0.3) is 0 Å². The van der Waals surface area contributed by atoms with E-state index in [0.29, 0.717) is 0 Å². The van der Waals surface area contributed by atoms with Crippen LogP contribution in [0.25, 0.3) is 11.0 Å². The molecule has 108 valence electrons. The van der Waals surface area contributed by atoms with E-state index >= 15 is 0 Å². The van der Waals surface area contributed by atoms with E-state index in [-0.39, 0.29) is 0 Å². The van der Waals surface area contributed by atoms with E-state index in [4.69, 9.17) is 4.74 Å². The molecule has 0 aliphatic rings. The summed E-state index contributed by atoms with van der Waals surface area (Å²) >= 11 is 1.63. The molecule has 1 aromatic carbocycles. The largest absolute Gasteiger partial charge is 0.497 e. The molecule has 0 fully saturated rings. The zero-order valence-electron chi connectivity index (χ0n) is 11.9. The Morgan fingerprint density at radius 2 is 2.19 bits per heavy atom. The van der Waals surface area contributed by atoms with Crippen molar-refractivity contribution >= 4 is 28.5 Å². The molecule has 0 saturated carbocycles. The lowest BCUT2D eigenvalue weighted by Gasteiger charge is -2.02. The quantitative estimate of drug-likeness (QED) is 0.708. The molecular formula is C15H16N4OS. The first-order valence-corrected chi connectivity index (χ1v) is 7.56. The van der Waals surface area contributed by atoms with Gasteiger partial charge in [0.05, 0.1) is 23.8 Å². The molecule has 6 heteroatoms. The Kier molecular flexibility index (Phi) is 3.96. The van der Waals surface area contributed by atoms with Gasteiger partial charge in [0.15, 0.2) is 5.16 Å². The fourth-order valence-electron chi connectivity index (χ4n) is 2.02. The van der Waals surface area contributed by atoms with Crippen LogP contribution in [0.2, 0.25) is 0 Å². The minimum Gasteiger partial charge on any atom is -0.497 e. The number of pyridine rings is 1. The lowest BCUT2D eigenvalue weighted by atomic mass is 10.3. The molecule has 0 atom stereocenters. The molecule has 2 heterocycles. The van der Waals surface area contributed by atoms with Gasteiger partial charge in [-0.1, -0.05) is 11.8 Å². The van der Waals surface area contributed by atoms with E-state index in [1.165, 1.54) is 0 Å². The van der Waals surface area contributed by atoms with Crippen LogP contribution in [0, 0.1) is 0 Å².